The van der Waals surface area contributed by atoms with Gasteiger partial charge in [0.05, 0.1) is 35.0 Å². The zero-order valence-corrected chi connectivity index (χ0v) is 13.3. The number of imidazole rings is 1. The van der Waals surface area contributed by atoms with E-state index in [1.807, 2.05) is 38.1 Å². The molecule has 0 spiro atoms. The van der Waals surface area contributed by atoms with Gasteiger partial charge in [-0.05, 0) is 36.2 Å². The number of rotatable bonds is 3. The molecule has 0 bridgehead atoms. The predicted octanol–water partition coefficient (Wildman–Crippen LogP) is 4.15. The van der Waals surface area contributed by atoms with Crippen LogP contribution in [0.4, 0.5) is 0 Å². The Labute approximate surface area is 138 Å². The Bertz CT molecular complexity index is 1010. The van der Waals surface area contributed by atoms with Gasteiger partial charge in [0.2, 0.25) is 5.88 Å². The van der Waals surface area contributed by atoms with E-state index in [1.165, 1.54) is 0 Å². The number of benzene rings is 1. The number of nitrogens with one attached hydrogen (secondary N) is 1. The molecular formula is C18H17N3O3. The van der Waals surface area contributed by atoms with Crippen molar-refractivity contribution in [3.63, 3.8) is 0 Å². The second-order valence-electron chi connectivity index (χ2n) is 6.01. The molecule has 4 aromatic rings. The second-order valence-corrected chi connectivity index (χ2v) is 6.01. The summed E-state index contributed by atoms with van der Waals surface area (Å²) in [5.41, 5.74) is 3.67. The summed E-state index contributed by atoms with van der Waals surface area (Å²) >= 11 is 0. The minimum atomic E-state index is -0.205. The van der Waals surface area contributed by atoms with Crippen LogP contribution in [0.5, 0.6) is 11.6 Å². The van der Waals surface area contributed by atoms with Crippen molar-refractivity contribution in [2.45, 2.75) is 19.8 Å². The van der Waals surface area contributed by atoms with E-state index in [0.717, 1.165) is 11.0 Å². The van der Waals surface area contributed by atoms with Crippen LogP contribution in [-0.2, 0) is 0 Å². The predicted molar refractivity (Wildman–Crippen MR) is 90.5 cm³/mol. The van der Waals surface area contributed by atoms with E-state index in [-0.39, 0.29) is 17.5 Å². The third-order valence-electron chi connectivity index (χ3n) is 4.15. The van der Waals surface area contributed by atoms with E-state index >= 15 is 0 Å². The van der Waals surface area contributed by atoms with E-state index in [2.05, 4.69) is 9.97 Å². The molecule has 0 saturated carbocycles. The van der Waals surface area contributed by atoms with Crippen molar-refractivity contribution in [1.82, 2.24) is 14.5 Å². The highest BCUT2D eigenvalue weighted by Gasteiger charge is 2.27. The Morgan fingerprint density at radius 2 is 2.04 bits per heavy atom. The van der Waals surface area contributed by atoms with Gasteiger partial charge in [-0.3, -0.25) is 4.57 Å². The summed E-state index contributed by atoms with van der Waals surface area (Å²) in [6.07, 6.45) is 3.19. The van der Waals surface area contributed by atoms with E-state index in [4.69, 9.17) is 4.42 Å². The first kappa shape index (κ1) is 14.4. The average molecular weight is 323 g/mol. The first-order valence-electron chi connectivity index (χ1n) is 7.72. The number of aromatic hydroxyl groups is 2. The minimum Gasteiger partial charge on any atom is -0.503 e. The molecule has 6 heteroatoms. The summed E-state index contributed by atoms with van der Waals surface area (Å²) in [6.45, 7) is 3.92. The molecule has 0 aliphatic rings. The molecule has 0 atom stereocenters. The largest absolute Gasteiger partial charge is 0.503 e. The lowest BCUT2D eigenvalue weighted by Gasteiger charge is -2.11. The van der Waals surface area contributed by atoms with Gasteiger partial charge in [-0.15, -0.1) is 0 Å². The number of nitrogens with zero attached hydrogens (tertiary/aromatic N) is 2. The summed E-state index contributed by atoms with van der Waals surface area (Å²) in [7, 11) is 0. The van der Waals surface area contributed by atoms with Crippen molar-refractivity contribution in [2.24, 2.45) is 0 Å². The molecule has 6 nitrogen and oxygen atoms in total. The number of furan rings is 1. The molecule has 0 unspecified atom stereocenters. The lowest BCUT2D eigenvalue weighted by atomic mass is 10.0. The summed E-state index contributed by atoms with van der Waals surface area (Å²) < 4.78 is 7.15. The maximum absolute atomic E-state index is 10.6. The number of H-pyrrole nitrogens is 1. The van der Waals surface area contributed by atoms with Crippen LogP contribution in [0.3, 0.4) is 0 Å². The van der Waals surface area contributed by atoms with Gasteiger partial charge >= 0.3 is 0 Å². The molecule has 24 heavy (non-hydrogen) atoms. The average Bonchev–Trinajstić information content (AvgIpc) is 3.27. The first-order chi connectivity index (χ1) is 11.6. The van der Waals surface area contributed by atoms with Gasteiger partial charge in [0.1, 0.15) is 0 Å². The lowest BCUT2D eigenvalue weighted by molar-refractivity contribution is 0.384. The van der Waals surface area contributed by atoms with Gasteiger partial charge in [-0.2, -0.15) is 0 Å². The molecule has 3 heterocycles. The van der Waals surface area contributed by atoms with Crippen molar-refractivity contribution >= 4 is 11.0 Å². The minimum absolute atomic E-state index is 0.00753. The first-order valence-corrected chi connectivity index (χ1v) is 7.72. The molecule has 0 aliphatic carbocycles. The van der Waals surface area contributed by atoms with Gasteiger partial charge in [0, 0.05) is 5.56 Å². The lowest BCUT2D eigenvalue weighted by Crippen LogP contribution is -1.98. The van der Waals surface area contributed by atoms with Crippen LogP contribution in [0.15, 0.2) is 47.3 Å². The van der Waals surface area contributed by atoms with Crippen molar-refractivity contribution in [2.75, 3.05) is 0 Å². The Morgan fingerprint density at radius 3 is 2.75 bits per heavy atom. The third-order valence-corrected chi connectivity index (χ3v) is 4.15. The smallest absolute Gasteiger partial charge is 0.240 e. The molecule has 0 amide bonds. The highest BCUT2D eigenvalue weighted by molar-refractivity contribution is 5.79. The SMILES string of the molecule is CC(C)c1c(O)c(O)n(-c2ccc3nc[nH]c3c2)c1-c1ccco1. The molecule has 4 rings (SSSR count). The van der Waals surface area contributed by atoms with Crippen LogP contribution < -0.4 is 0 Å². The van der Waals surface area contributed by atoms with Gasteiger partial charge in [0.15, 0.2) is 11.5 Å². The molecule has 0 radical (unpaired) electrons. The van der Waals surface area contributed by atoms with Crippen LogP contribution in [0.2, 0.25) is 0 Å². The monoisotopic (exact) mass is 323 g/mol. The van der Waals surface area contributed by atoms with Crippen molar-refractivity contribution < 1.29 is 14.6 Å². The molecule has 122 valence electrons. The fourth-order valence-electron chi connectivity index (χ4n) is 3.08. The Kier molecular flexibility index (Phi) is 3.13. The van der Waals surface area contributed by atoms with Crippen LogP contribution in [0, 0.1) is 0 Å². The van der Waals surface area contributed by atoms with Crippen molar-refractivity contribution in [1.29, 1.82) is 0 Å². The topological polar surface area (TPSA) is 87.2 Å². The fourth-order valence-corrected chi connectivity index (χ4v) is 3.08. The van der Waals surface area contributed by atoms with E-state index in [0.29, 0.717) is 22.7 Å². The molecule has 1 aromatic carbocycles. The summed E-state index contributed by atoms with van der Waals surface area (Å²) in [5, 5.41) is 21.0. The normalized spacial score (nSPS) is 11.6. The quantitative estimate of drug-likeness (QED) is 0.528. The van der Waals surface area contributed by atoms with E-state index < -0.39 is 0 Å². The number of fused-ring (bicyclic) bond motifs is 1. The fraction of sp³-hybridized carbons (Fsp3) is 0.167. The zero-order chi connectivity index (χ0) is 16.8. The van der Waals surface area contributed by atoms with E-state index in [1.54, 1.807) is 23.2 Å². The Hall–Kier alpha value is -3.15. The van der Waals surface area contributed by atoms with Gasteiger partial charge < -0.3 is 19.6 Å². The highest BCUT2D eigenvalue weighted by Crippen LogP contribution is 2.46. The molecule has 3 N–H and O–H groups in total. The van der Waals surface area contributed by atoms with Crippen LogP contribution >= 0.6 is 0 Å². The van der Waals surface area contributed by atoms with Crippen LogP contribution in [0.1, 0.15) is 25.3 Å². The van der Waals surface area contributed by atoms with Gasteiger partial charge in [-0.1, -0.05) is 13.8 Å². The summed E-state index contributed by atoms with van der Waals surface area (Å²) in [6, 6.07) is 9.17. The molecule has 0 aliphatic heterocycles. The Morgan fingerprint density at radius 1 is 1.21 bits per heavy atom. The zero-order valence-electron chi connectivity index (χ0n) is 13.3. The maximum Gasteiger partial charge on any atom is 0.240 e. The number of hydrogen-bond donors (Lipinski definition) is 3. The highest BCUT2D eigenvalue weighted by atomic mass is 16.3. The van der Waals surface area contributed by atoms with E-state index in [9.17, 15) is 10.2 Å². The van der Waals surface area contributed by atoms with Gasteiger partial charge in [-0.25, -0.2) is 4.98 Å². The molecule has 0 fully saturated rings. The standard InChI is InChI=1S/C18H17N3O3/c1-10(2)15-16(14-4-3-7-24-14)21(18(23)17(15)22)11-5-6-12-13(8-11)20-9-19-12/h3-10,22-23H,1-2H3,(H,19,20). The van der Waals surface area contributed by atoms with Crippen molar-refractivity contribution in [3.8, 4) is 28.8 Å². The molecule has 0 saturated heterocycles. The number of aromatic nitrogens is 3. The molecule has 3 aromatic heterocycles. The molecular weight excluding hydrogens is 306 g/mol. The second kappa shape index (κ2) is 5.19. The van der Waals surface area contributed by atoms with Crippen LogP contribution in [-0.4, -0.2) is 24.7 Å². The van der Waals surface area contributed by atoms with Crippen molar-refractivity contribution in [3.05, 3.63) is 48.5 Å². The number of hydrogen-bond acceptors (Lipinski definition) is 4. The van der Waals surface area contributed by atoms with Gasteiger partial charge in [0.25, 0.3) is 0 Å². The maximum atomic E-state index is 10.6. The summed E-state index contributed by atoms with van der Waals surface area (Å²) in [4.78, 5) is 7.26. The van der Waals surface area contributed by atoms with Crippen LogP contribution in [0.25, 0.3) is 28.2 Å². The number of aromatic amines is 1. The summed E-state index contributed by atoms with van der Waals surface area (Å²) in [5.74, 6) is 0.261. The Balaban J connectivity index is 2.05. The third kappa shape index (κ3) is 2.00.